The van der Waals surface area contributed by atoms with E-state index in [0.717, 1.165) is 12.2 Å². The SMILES string of the molecule is CCCC(Oc1cccc(Oc2ccccc2)c1)C(=O)O. The zero-order valence-corrected chi connectivity index (χ0v) is 11.9. The van der Waals surface area contributed by atoms with E-state index in [1.54, 1.807) is 24.3 Å². The molecule has 0 radical (unpaired) electrons. The van der Waals surface area contributed by atoms with Gasteiger partial charge >= 0.3 is 5.97 Å². The lowest BCUT2D eigenvalue weighted by molar-refractivity contribution is -0.145. The Labute approximate surface area is 123 Å². The Hall–Kier alpha value is -2.49. The molecule has 0 bridgehead atoms. The number of hydrogen-bond donors (Lipinski definition) is 1. The van der Waals surface area contributed by atoms with E-state index in [4.69, 9.17) is 14.6 Å². The number of ether oxygens (including phenoxy) is 2. The second-order valence-corrected chi connectivity index (χ2v) is 4.62. The van der Waals surface area contributed by atoms with Crippen LogP contribution in [0.2, 0.25) is 0 Å². The number of para-hydroxylation sites is 1. The van der Waals surface area contributed by atoms with Gasteiger partial charge < -0.3 is 14.6 Å². The monoisotopic (exact) mass is 286 g/mol. The van der Waals surface area contributed by atoms with Crippen molar-refractivity contribution in [3.8, 4) is 17.2 Å². The van der Waals surface area contributed by atoms with Crippen LogP contribution < -0.4 is 9.47 Å². The largest absolute Gasteiger partial charge is 0.479 e. The summed E-state index contributed by atoms with van der Waals surface area (Å²) >= 11 is 0. The summed E-state index contributed by atoms with van der Waals surface area (Å²) in [4.78, 5) is 11.1. The second-order valence-electron chi connectivity index (χ2n) is 4.62. The topological polar surface area (TPSA) is 55.8 Å². The van der Waals surface area contributed by atoms with Crippen molar-refractivity contribution >= 4 is 5.97 Å². The second kappa shape index (κ2) is 7.33. The highest BCUT2D eigenvalue weighted by atomic mass is 16.5. The first-order chi connectivity index (χ1) is 10.2. The van der Waals surface area contributed by atoms with Gasteiger partial charge in [-0.1, -0.05) is 37.6 Å². The quantitative estimate of drug-likeness (QED) is 0.832. The van der Waals surface area contributed by atoms with Gasteiger partial charge in [-0.25, -0.2) is 4.79 Å². The molecule has 0 saturated carbocycles. The third kappa shape index (κ3) is 4.53. The number of benzene rings is 2. The Bertz CT molecular complexity index is 580. The van der Waals surface area contributed by atoms with Gasteiger partial charge in [-0.15, -0.1) is 0 Å². The van der Waals surface area contributed by atoms with Gasteiger partial charge in [-0.2, -0.15) is 0 Å². The summed E-state index contributed by atoms with van der Waals surface area (Å²) in [5.74, 6) is 0.868. The predicted molar refractivity (Wildman–Crippen MR) is 79.9 cm³/mol. The van der Waals surface area contributed by atoms with Crippen LogP contribution in [-0.4, -0.2) is 17.2 Å². The highest BCUT2D eigenvalue weighted by Gasteiger charge is 2.18. The molecule has 0 spiro atoms. The van der Waals surface area contributed by atoms with Crippen molar-refractivity contribution in [2.24, 2.45) is 0 Å². The van der Waals surface area contributed by atoms with Crippen LogP contribution in [0, 0.1) is 0 Å². The molecule has 0 aromatic heterocycles. The summed E-state index contributed by atoms with van der Waals surface area (Å²) < 4.78 is 11.2. The molecule has 4 nitrogen and oxygen atoms in total. The fourth-order valence-electron chi connectivity index (χ4n) is 1.89. The third-order valence-electron chi connectivity index (χ3n) is 2.89. The minimum atomic E-state index is -0.953. The zero-order chi connectivity index (χ0) is 15.1. The molecule has 110 valence electrons. The van der Waals surface area contributed by atoms with E-state index in [-0.39, 0.29) is 0 Å². The summed E-state index contributed by atoms with van der Waals surface area (Å²) in [6.45, 7) is 1.92. The van der Waals surface area contributed by atoms with Crippen LogP contribution in [0.5, 0.6) is 17.2 Å². The number of aliphatic carboxylic acids is 1. The molecule has 0 fully saturated rings. The van der Waals surface area contributed by atoms with Crippen LogP contribution in [0.25, 0.3) is 0 Å². The van der Waals surface area contributed by atoms with Gasteiger partial charge in [-0.05, 0) is 30.7 Å². The van der Waals surface area contributed by atoms with Gasteiger partial charge in [-0.3, -0.25) is 0 Å². The Morgan fingerprint density at radius 1 is 1.05 bits per heavy atom. The van der Waals surface area contributed by atoms with Gasteiger partial charge in [0.25, 0.3) is 0 Å². The average molecular weight is 286 g/mol. The van der Waals surface area contributed by atoms with Crippen molar-refractivity contribution in [3.05, 3.63) is 54.6 Å². The summed E-state index contributed by atoms with van der Waals surface area (Å²) in [5, 5.41) is 9.11. The van der Waals surface area contributed by atoms with E-state index < -0.39 is 12.1 Å². The van der Waals surface area contributed by atoms with Gasteiger partial charge in [0.2, 0.25) is 0 Å². The molecule has 4 heteroatoms. The highest BCUT2D eigenvalue weighted by molar-refractivity contribution is 5.72. The fourth-order valence-corrected chi connectivity index (χ4v) is 1.89. The van der Waals surface area contributed by atoms with E-state index >= 15 is 0 Å². The maximum absolute atomic E-state index is 11.1. The molecule has 1 atom stereocenters. The molecule has 21 heavy (non-hydrogen) atoms. The summed E-state index contributed by atoms with van der Waals surface area (Å²) in [7, 11) is 0. The molecular formula is C17H18O4. The Morgan fingerprint density at radius 3 is 2.38 bits per heavy atom. The molecule has 0 heterocycles. The molecule has 0 amide bonds. The molecule has 2 rings (SSSR count). The normalized spacial score (nSPS) is 11.7. The Kier molecular flexibility index (Phi) is 5.21. The number of carboxylic acid groups (broad SMARTS) is 1. The third-order valence-corrected chi connectivity index (χ3v) is 2.89. The molecule has 0 aliphatic heterocycles. The Balaban J connectivity index is 2.08. The lowest BCUT2D eigenvalue weighted by atomic mass is 10.2. The first-order valence-electron chi connectivity index (χ1n) is 6.91. The molecule has 0 saturated heterocycles. The van der Waals surface area contributed by atoms with Gasteiger partial charge in [0.15, 0.2) is 6.10 Å². The molecule has 0 aliphatic rings. The number of hydrogen-bond acceptors (Lipinski definition) is 3. The maximum Gasteiger partial charge on any atom is 0.344 e. The molecular weight excluding hydrogens is 268 g/mol. The zero-order valence-electron chi connectivity index (χ0n) is 11.9. The van der Waals surface area contributed by atoms with Crippen LogP contribution in [-0.2, 0) is 4.79 Å². The maximum atomic E-state index is 11.1. The average Bonchev–Trinajstić information content (AvgIpc) is 2.48. The standard InChI is InChI=1S/C17H18O4/c1-2-7-16(17(18)19)21-15-11-6-10-14(12-15)20-13-8-4-3-5-9-13/h3-6,8-12,16H,2,7H2,1H3,(H,18,19). The molecule has 0 aliphatic carbocycles. The number of rotatable bonds is 7. The summed E-state index contributed by atoms with van der Waals surface area (Å²) in [5.41, 5.74) is 0. The first-order valence-corrected chi connectivity index (χ1v) is 6.91. The van der Waals surface area contributed by atoms with Crippen LogP contribution >= 0.6 is 0 Å². The van der Waals surface area contributed by atoms with Crippen molar-refractivity contribution in [2.75, 3.05) is 0 Å². The van der Waals surface area contributed by atoms with E-state index in [1.807, 2.05) is 37.3 Å². The van der Waals surface area contributed by atoms with Crippen LogP contribution in [0.3, 0.4) is 0 Å². The van der Waals surface area contributed by atoms with E-state index in [9.17, 15) is 4.79 Å². The van der Waals surface area contributed by atoms with Crippen LogP contribution in [0.4, 0.5) is 0 Å². The molecule has 2 aromatic rings. The van der Waals surface area contributed by atoms with Crippen LogP contribution in [0.1, 0.15) is 19.8 Å². The lowest BCUT2D eigenvalue weighted by Gasteiger charge is -2.15. The highest BCUT2D eigenvalue weighted by Crippen LogP contribution is 2.26. The molecule has 1 unspecified atom stereocenters. The molecule has 2 aromatic carbocycles. The first kappa shape index (κ1) is 14.9. The van der Waals surface area contributed by atoms with Crippen molar-refractivity contribution in [2.45, 2.75) is 25.9 Å². The smallest absolute Gasteiger partial charge is 0.344 e. The van der Waals surface area contributed by atoms with E-state index in [2.05, 4.69) is 0 Å². The Morgan fingerprint density at radius 2 is 1.71 bits per heavy atom. The fraction of sp³-hybridized carbons (Fsp3) is 0.235. The minimum Gasteiger partial charge on any atom is -0.479 e. The number of carbonyl (C=O) groups is 1. The van der Waals surface area contributed by atoms with Crippen molar-refractivity contribution < 1.29 is 19.4 Å². The minimum absolute atomic E-state index is 0.471. The summed E-state index contributed by atoms with van der Waals surface area (Å²) in [6.07, 6.45) is 0.387. The number of carboxylic acids is 1. The summed E-state index contributed by atoms with van der Waals surface area (Å²) in [6, 6.07) is 16.4. The van der Waals surface area contributed by atoms with Gasteiger partial charge in [0.1, 0.15) is 17.2 Å². The van der Waals surface area contributed by atoms with Crippen molar-refractivity contribution in [1.82, 2.24) is 0 Å². The van der Waals surface area contributed by atoms with Crippen molar-refractivity contribution in [3.63, 3.8) is 0 Å². The van der Waals surface area contributed by atoms with Gasteiger partial charge in [0.05, 0.1) is 0 Å². The van der Waals surface area contributed by atoms with Gasteiger partial charge in [0, 0.05) is 6.07 Å². The van der Waals surface area contributed by atoms with E-state index in [0.29, 0.717) is 17.9 Å². The van der Waals surface area contributed by atoms with Crippen LogP contribution in [0.15, 0.2) is 54.6 Å². The predicted octanol–water partition coefficient (Wildman–Crippen LogP) is 4.11. The lowest BCUT2D eigenvalue weighted by Crippen LogP contribution is -2.26. The van der Waals surface area contributed by atoms with E-state index in [1.165, 1.54) is 0 Å². The van der Waals surface area contributed by atoms with Crippen molar-refractivity contribution in [1.29, 1.82) is 0 Å². The molecule has 1 N–H and O–H groups in total.